The lowest BCUT2D eigenvalue weighted by molar-refractivity contribution is -0.127. The molecule has 1 fully saturated rings. The quantitative estimate of drug-likeness (QED) is 0.698. The smallest absolute Gasteiger partial charge is 0.256 e. The van der Waals surface area contributed by atoms with Gasteiger partial charge in [-0.3, -0.25) is 9.59 Å². The number of pyridine rings is 1. The molecule has 2 heterocycles. The number of carbonyl (C=O) groups excluding carboxylic acids is 1. The minimum absolute atomic E-state index is 0.105. The molecule has 6 heteroatoms. The summed E-state index contributed by atoms with van der Waals surface area (Å²) in [6, 6.07) is 13.2. The Bertz CT molecular complexity index is 1150. The Kier molecular flexibility index (Phi) is 5.59. The van der Waals surface area contributed by atoms with Crippen LogP contribution in [0.4, 0.5) is 5.69 Å². The van der Waals surface area contributed by atoms with Crippen molar-refractivity contribution in [2.75, 3.05) is 18.6 Å². The Morgan fingerprint density at radius 2 is 2.07 bits per heavy atom. The minimum Gasteiger partial charge on any atom is -0.497 e. The number of nitrogens with zero attached hydrogens (tertiary/aromatic N) is 1. The highest BCUT2D eigenvalue weighted by Gasteiger charge is 2.30. The summed E-state index contributed by atoms with van der Waals surface area (Å²) in [5, 5.41) is 0.856. The number of hydrogen-bond donors (Lipinski definition) is 1. The van der Waals surface area contributed by atoms with Crippen LogP contribution < -0.4 is 15.2 Å². The molecule has 0 bridgehead atoms. The molecule has 4 rings (SSSR count). The molecule has 156 valence electrons. The summed E-state index contributed by atoms with van der Waals surface area (Å²) in [5.41, 5.74) is 3.96. The van der Waals surface area contributed by atoms with Crippen molar-refractivity contribution in [3.8, 4) is 5.75 Å². The monoisotopic (exact) mass is 406 g/mol. The van der Waals surface area contributed by atoms with Crippen LogP contribution in [-0.4, -0.2) is 30.7 Å². The van der Waals surface area contributed by atoms with Crippen LogP contribution in [0.2, 0.25) is 0 Å². The predicted octanol–water partition coefficient (Wildman–Crippen LogP) is 3.87. The number of aromatic amines is 1. The lowest BCUT2D eigenvalue weighted by Gasteiger charge is -2.27. The van der Waals surface area contributed by atoms with Gasteiger partial charge >= 0.3 is 0 Å². The van der Waals surface area contributed by atoms with Crippen LogP contribution >= 0.6 is 0 Å². The second kappa shape index (κ2) is 8.32. The van der Waals surface area contributed by atoms with E-state index in [9.17, 15) is 9.59 Å². The number of amides is 1. The molecule has 1 aliphatic heterocycles. The van der Waals surface area contributed by atoms with Gasteiger partial charge in [0.2, 0.25) is 0 Å². The van der Waals surface area contributed by atoms with E-state index in [1.807, 2.05) is 50.2 Å². The zero-order chi connectivity index (χ0) is 21.3. The van der Waals surface area contributed by atoms with Gasteiger partial charge in [-0.25, -0.2) is 0 Å². The Hall–Kier alpha value is -3.12. The lowest BCUT2D eigenvalue weighted by atomic mass is 10.0. The van der Waals surface area contributed by atoms with E-state index >= 15 is 0 Å². The molecule has 2 aromatic carbocycles. The molecule has 0 spiro atoms. The second-order valence-electron chi connectivity index (χ2n) is 7.72. The van der Waals surface area contributed by atoms with Crippen LogP contribution in [0.25, 0.3) is 10.9 Å². The summed E-state index contributed by atoms with van der Waals surface area (Å²) in [6.45, 7) is 4.78. The van der Waals surface area contributed by atoms with Crippen molar-refractivity contribution in [1.29, 1.82) is 0 Å². The molecular formula is C24H26N2O4. The van der Waals surface area contributed by atoms with Crippen molar-refractivity contribution in [2.45, 2.75) is 39.3 Å². The number of ether oxygens (including phenoxy) is 2. The number of methoxy groups -OCH3 is 1. The van der Waals surface area contributed by atoms with Crippen molar-refractivity contribution >= 4 is 22.5 Å². The van der Waals surface area contributed by atoms with Gasteiger partial charge in [0, 0.05) is 28.8 Å². The molecule has 0 saturated carbocycles. The summed E-state index contributed by atoms with van der Waals surface area (Å²) in [5.74, 6) is 0.605. The minimum atomic E-state index is -0.468. The van der Waals surface area contributed by atoms with E-state index in [1.165, 1.54) is 0 Å². The zero-order valence-corrected chi connectivity index (χ0v) is 17.5. The summed E-state index contributed by atoms with van der Waals surface area (Å²) < 4.78 is 11.0. The molecule has 0 radical (unpaired) electrons. The van der Waals surface area contributed by atoms with E-state index in [4.69, 9.17) is 9.47 Å². The maximum absolute atomic E-state index is 13.4. The number of H-pyrrole nitrogens is 1. The largest absolute Gasteiger partial charge is 0.497 e. The Balaban J connectivity index is 1.78. The standard InChI is InChI=1S/C24H26N2O4/c1-15-6-4-7-21(16(15)2)26(24(28)22-8-5-11-30-22)14-18-12-17-13-19(29-3)9-10-20(17)25-23(18)27/h4,6-7,9-10,12-13,22H,5,8,11,14H2,1-3H3,(H,25,27)/t22-/m1/s1. The Morgan fingerprint density at radius 1 is 1.23 bits per heavy atom. The third-order valence-corrected chi connectivity index (χ3v) is 5.79. The first kappa shape index (κ1) is 20.2. The fourth-order valence-corrected chi connectivity index (χ4v) is 3.90. The average molecular weight is 406 g/mol. The summed E-state index contributed by atoms with van der Waals surface area (Å²) in [6.07, 6.45) is 1.10. The predicted molar refractivity (Wildman–Crippen MR) is 117 cm³/mol. The van der Waals surface area contributed by atoms with Crippen molar-refractivity contribution in [3.05, 3.63) is 69.5 Å². The highest BCUT2D eigenvalue weighted by atomic mass is 16.5. The van der Waals surface area contributed by atoms with Crippen LogP contribution in [0.15, 0.2) is 47.3 Å². The fraction of sp³-hybridized carbons (Fsp3) is 0.333. The number of benzene rings is 2. The van der Waals surface area contributed by atoms with E-state index in [0.717, 1.165) is 34.1 Å². The highest BCUT2D eigenvalue weighted by molar-refractivity contribution is 5.97. The van der Waals surface area contributed by atoms with Gasteiger partial charge in [-0.1, -0.05) is 12.1 Å². The summed E-state index contributed by atoms with van der Waals surface area (Å²) in [7, 11) is 1.61. The Morgan fingerprint density at radius 3 is 2.80 bits per heavy atom. The molecule has 0 aliphatic carbocycles. The normalized spacial score (nSPS) is 16.0. The molecule has 1 aliphatic rings. The summed E-state index contributed by atoms with van der Waals surface area (Å²) >= 11 is 0. The van der Waals surface area contributed by atoms with Gasteiger partial charge in [0.15, 0.2) is 0 Å². The van der Waals surface area contributed by atoms with Gasteiger partial charge in [0.1, 0.15) is 11.9 Å². The number of hydrogen-bond acceptors (Lipinski definition) is 4. The van der Waals surface area contributed by atoms with Crippen LogP contribution in [0.5, 0.6) is 5.75 Å². The molecule has 1 aromatic heterocycles. The van der Waals surface area contributed by atoms with Crippen LogP contribution in [0.3, 0.4) is 0 Å². The number of nitrogens with one attached hydrogen (secondary N) is 1. The molecule has 1 atom stereocenters. The van der Waals surface area contributed by atoms with Gasteiger partial charge in [-0.15, -0.1) is 0 Å². The van der Waals surface area contributed by atoms with Gasteiger partial charge < -0.3 is 19.4 Å². The van der Waals surface area contributed by atoms with Crippen molar-refractivity contribution < 1.29 is 14.3 Å². The first-order valence-electron chi connectivity index (χ1n) is 10.2. The molecule has 3 aromatic rings. The van der Waals surface area contributed by atoms with Crippen LogP contribution in [-0.2, 0) is 16.1 Å². The van der Waals surface area contributed by atoms with Crippen molar-refractivity contribution in [2.24, 2.45) is 0 Å². The van der Waals surface area contributed by atoms with Crippen molar-refractivity contribution in [1.82, 2.24) is 4.98 Å². The van der Waals surface area contributed by atoms with Crippen molar-refractivity contribution in [3.63, 3.8) is 0 Å². The number of aromatic nitrogens is 1. The van der Waals surface area contributed by atoms with E-state index in [2.05, 4.69) is 4.98 Å². The van der Waals surface area contributed by atoms with Gasteiger partial charge in [-0.05, 0) is 68.1 Å². The van der Waals surface area contributed by atoms with Gasteiger partial charge in [0.25, 0.3) is 11.5 Å². The topological polar surface area (TPSA) is 71.6 Å². The van der Waals surface area contributed by atoms with Crippen LogP contribution in [0.1, 0.15) is 29.5 Å². The Labute approximate surface area is 175 Å². The average Bonchev–Trinajstić information content (AvgIpc) is 3.28. The maximum Gasteiger partial charge on any atom is 0.256 e. The molecule has 1 saturated heterocycles. The number of aryl methyl sites for hydroxylation is 1. The zero-order valence-electron chi connectivity index (χ0n) is 17.5. The number of carbonyl (C=O) groups is 1. The fourth-order valence-electron chi connectivity index (χ4n) is 3.90. The molecule has 30 heavy (non-hydrogen) atoms. The third-order valence-electron chi connectivity index (χ3n) is 5.79. The molecule has 6 nitrogen and oxygen atoms in total. The number of rotatable bonds is 5. The first-order valence-corrected chi connectivity index (χ1v) is 10.2. The third kappa shape index (κ3) is 3.83. The van der Waals surface area contributed by atoms with Gasteiger partial charge in [0.05, 0.1) is 13.7 Å². The van der Waals surface area contributed by atoms with E-state index < -0.39 is 6.10 Å². The number of fused-ring (bicyclic) bond motifs is 1. The van der Waals surface area contributed by atoms with E-state index in [1.54, 1.807) is 18.1 Å². The molecule has 0 unspecified atom stereocenters. The van der Waals surface area contributed by atoms with E-state index in [-0.39, 0.29) is 18.0 Å². The first-order chi connectivity index (χ1) is 14.5. The van der Waals surface area contributed by atoms with Gasteiger partial charge in [-0.2, -0.15) is 0 Å². The molecule has 1 N–H and O–H groups in total. The maximum atomic E-state index is 13.4. The SMILES string of the molecule is COc1ccc2[nH]c(=O)c(CN(C(=O)[C@H]3CCCO3)c3cccc(C)c3C)cc2c1. The highest BCUT2D eigenvalue weighted by Crippen LogP contribution is 2.28. The van der Waals surface area contributed by atoms with E-state index in [0.29, 0.717) is 24.3 Å². The second-order valence-corrected chi connectivity index (χ2v) is 7.72. The lowest BCUT2D eigenvalue weighted by Crippen LogP contribution is -2.40. The summed E-state index contributed by atoms with van der Waals surface area (Å²) in [4.78, 5) is 30.8. The molecular weight excluding hydrogens is 380 g/mol. The van der Waals surface area contributed by atoms with Crippen LogP contribution in [0, 0.1) is 13.8 Å². The number of anilines is 1. The molecule has 1 amide bonds.